The predicted molar refractivity (Wildman–Crippen MR) is 146 cm³/mol. The second-order valence-corrected chi connectivity index (χ2v) is 10.3. The molecule has 0 saturated carbocycles. The van der Waals surface area contributed by atoms with Crippen LogP contribution >= 0.6 is 0 Å². The first-order valence-corrected chi connectivity index (χ1v) is 13.3. The zero-order chi connectivity index (χ0) is 26.7. The Labute approximate surface area is 218 Å². The topological polar surface area (TPSA) is 142 Å². The van der Waals surface area contributed by atoms with Gasteiger partial charge in [0.25, 0.3) is 0 Å². The van der Waals surface area contributed by atoms with E-state index in [1.807, 2.05) is 36.2 Å². The van der Waals surface area contributed by atoms with Crippen molar-refractivity contribution in [1.29, 1.82) is 0 Å². The van der Waals surface area contributed by atoms with Crippen LogP contribution in [-0.4, -0.2) is 35.4 Å². The molecule has 0 aliphatic heterocycles. The quantitative estimate of drug-likeness (QED) is 0.219. The molecule has 0 spiro atoms. The Morgan fingerprint density at radius 1 is 1.00 bits per heavy atom. The number of nitrogens with one attached hydrogen (secondary N) is 3. The Morgan fingerprint density at radius 3 is 2.58 bits per heavy atom. The number of imidazole rings is 1. The Morgan fingerprint density at radius 2 is 1.82 bits per heavy atom. The molecule has 0 unspecified atom stereocenters. The Kier molecular flexibility index (Phi) is 6.90. The Bertz CT molecular complexity index is 1690. The van der Waals surface area contributed by atoms with E-state index >= 15 is 0 Å². The summed E-state index contributed by atoms with van der Waals surface area (Å²) in [5.41, 5.74) is 4.63. The van der Waals surface area contributed by atoms with Crippen LogP contribution < -0.4 is 20.7 Å². The molecule has 3 aromatic carbocycles. The first-order chi connectivity index (χ1) is 18.2. The van der Waals surface area contributed by atoms with E-state index in [0.29, 0.717) is 35.5 Å². The third-order valence-electron chi connectivity index (χ3n) is 5.76. The molecule has 0 bridgehead atoms. The molecule has 5 rings (SSSR count). The van der Waals surface area contributed by atoms with Gasteiger partial charge in [-0.05, 0) is 59.7 Å². The number of nitrogens with zero attached hydrogens (tertiary/aromatic N) is 4. The van der Waals surface area contributed by atoms with E-state index in [1.165, 1.54) is 12.1 Å². The lowest BCUT2D eigenvalue weighted by Gasteiger charge is -2.19. The van der Waals surface area contributed by atoms with Gasteiger partial charge in [-0.1, -0.05) is 24.3 Å². The average molecular weight is 533 g/mol. The fraction of sp³-hybridized carbons (Fsp3) is 0.115. The van der Waals surface area contributed by atoms with Crippen LogP contribution in [-0.2, 0) is 22.3 Å². The zero-order valence-corrected chi connectivity index (χ0v) is 21.2. The summed E-state index contributed by atoms with van der Waals surface area (Å²) >= 11 is 0. The highest BCUT2D eigenvalue weighted by molar-refractivity contribution is 7.88. The molecular weight excluding hydrogens is 507 g/mol. The smallest absolute Gasteiger partial charge is 0.229 e. The number of H-pyrrole nitrogens is 1. The third kappa shape index (κ3) is 6.22. The van der Waals surface area contributed by atoms with Gasteiger partial charge in [-0.2, -0.15) is 4.98 Å². The number of halogens is 1. The minimum atomic E-state index is -3.59. The lowest BCUT2D eigenvalue weighted by Crippen LogP contribution is -2.14. The second kappa shape index (κ2) is 10.4. The zero-order valence-electron chi connectivity index (χ0n) is 20.4. The molecule has 10 nitrogen and oxygen atoms in total. The van der Waals surface area contributed by atoms with Gasteiger partial charge in [0.1, 0.15) is 11.6 Å². The van der Waals surface area contributed by atoms with Crippen molar-refractivity contribution < 1.29 is 12.8 Å². The van der Waals surface area contributed by atoms with Gasteiger partial charge in [0.15, 0.2) is 0 Å². The van der Waals surface area contributed by atoms with E-state index in [1.54, 1.807) is 42.6 Å². The molecule has 5 aromatic rings. The molecule has 5 N–H and O–H groups in total. The van der Waals surface area contributed by atoms with Gasteiger partial charge in [0.2, 0.25) is 21.9 Å². The maximum absolute atomic E-state index is 13.4. The van der Waals surface area contributed by atoms with Crippen molar-refractivity contribution in [2.45, 2.75) is 12.3 Å². The number of hydrogen-bond donors (Lipinski definition) is 4. The number of primary sulfonamides is 1. The lowest BCUT2D eigenvalue weighted by atomic mass is 10.2. The highest BCUT2D eigenvalue weighted by atomic mass is 32.2. The minimum absolute atomic E-state index is 0.227. The molecule has 0 fully saturated rings. The molecular formula is C26H25FN8O2S. The van der Waals surface area contributed by atoms with Gasteiger partial charge in [0.05, 0.1) is 16.8 Å². The summed E-state index contributed by atoms with van der Waals surface area (Å²) in [6.45, 7) is 0.440. The first-order valence-electron chi connectivity index (χ1n) is 11.6. The lowest BCUT2D eigenvalue weighted by molar-refractivity contribution is 0.597. The third-order valence-corrected chi connectivity index (χ3v) is 6.50. The number of aromatic amines is 1. The van der Waals surface area contributed by atoms with Gasteiger partial charge >= 0.3 is 0 Å². The molecule has 0 amide bonds. The first kappa shape index (κ1) is 25.1. The summed E-state index contributed by atoms with van der Waals surface area (Å²) < 4.78 is 36.0. The number of benzene rings is 3. The summed E-state index contributed by atoms with van der Waals surface area (Å²) in [6.07, 6.45) is 1.65. The van der Waals surface area contributed by atoms with E-state index < -0.39 is 10.0 Å². The van der Waals surface area contributed by atoms with Gasteiger partial charge < -0.3 is 20.5 Å². The van der Waals surface area contributed by atoms with Crippen molar-refractivity contribution in [2.24, 2.45) is 5.14 Å². The van der Waals surface area contributed by atoms with Gasteiger partial charge in [-0.15, -0.1) is 0 Å². The number of aromatic nitrogens is 4. The van der Waals surface area contributed by atoms with Crippen LogP contribution in [0.3, 0.4) is 0 Å². The number of hydrogen-bond acceptors (Lipinski definition) is 8. The van der Waals surface area contributed by atoms with E-state index in [-0.39, 0.29) is 11.6 Å². The largest absolute Gasteiger partial charge is 0.352 e. The van der Waals surface area contributed by atoms with Crippen molar-refractivity contribution in [2.75, 3.05) is 22.6 Å². The van der Waals surface area contributed by atoms with Gasteiger partial charge in [-0.3, -0.25) is 0 Å². The molecule has 0 saturated heterocycles. The van der Waals surface area contributed by atoms with Crippen molar-refractivity contribution in [3.63, 3.8) is 0 Å². The Hall–Kier alpha value is -4.55. The molecule has 12 heteroatoms. The van der Waals surface area contributed by atoms with Crippen LogP contribution in [0.1, 0.15) is 11.1 Å². The van der Waals surface area contributed by atoms with Crippen molar-refractivity contribution in [1.82, 2.24) is 19.9 Å². The second-order valence-electron chi connectivity index (χ2n) is 8.70. The van der Waals surface area contributed by atoms with E-state index in [9.17, 15) is 12.8 Å². The number of nitrogens with two attached hydrogens (primary N) is 1. The number of fused-ring (bicyclic) bond motifs is 1. The van der Waals surface area contributed by atoms with Crippen LogP contribution in [0.4, 0.5) is 33.5 Å². The predicted octanol–water partition coefficient (Wildman–Crippen LogP) is 4.40. The van der Waals surface area contributed by atoms with Crippen LogP contribution in [0.15, 0.2) is 79.0 Å². The maximum Gasteiger partial charge on any atom is 0.229 e. The van der Waals surface area contributed by atoms with Crippen molar-refractivity contribution in [3.05, 3.63) is 95.9 Å². The molecule has 0 aliphatic carbocycles. The highest BCUT2D eigenvalue weighted by Crippen LogP contribution is 2.27. The van der Waals surface area contributed by atoms with Crippen molar-refractivity contribution >= 4 is 50.1 Å². The fourth-order valence-corrected chi connectivity index (χ4v) is 4.55. The summed E-state index contributed by atoms with van der Waals surface area (Å²) in [5.74, 6) is 1.14. The van der Waals surface area contributed by atoms with Crippen LogP contribution in [0.25, 0.3) is 11.0 Å². The number of rotatable bonds is 9. The normalized spacial score (nSPS) is 11.4. The summed E-state index contributed by atoms with van der Waals surface area (Å²) in [5, 5.41) is 11.4. The summed E-state index contributed by atoms with van der Waals surface area (Å²) in [7, 11) is -1.69. The molecule has 0 aliphatic rings. The molecule has 2 heterocycles. The van der Waals surface area contributed by atoms with E-state index in [2.05, 4.69) is 30.6 Å². The molecule has 0 atom stereocenters. The van der Waals surface area contributed by atoms with Crippen LogP contribution in [0.2, 0.25) is 0 Å². The van der Waals surface area contributed by atoms with E-state index in [0.717, 1.165) is 22.3 Å². The van der Waals surface area contributed by atoms with E-state index in [4.69, 9.17) is 5.14 Å². The van der Waals surface area contributed by atoms with Crippen LogP contribution in [0, 0.1) is 5.82 Å². The van der Waals surface area contributed by atoms with Crippen LogP contribution in [0.5, 0.6) is 0 Å². The monoisotopic (exact) mass is 532 g/mol. The summed E-state index contributed by atoms with van der Waals surface area (Å²) in [6, 6.07) is 20.9. The molecule has 0 radical (unpaired) electrons. The average Bonchev–Trinajstić information content (AvgIpc) is 3.30. The minimum Gasteiger partial charge on any atom is -0.352 e. The summed E-state index contributed by atoms with van der Waals surface area (Å²) in [4.78, 5) is 18.6. The van der Waals surface area contributed by atoms with Gasteiger partial charge in [0, 0.05) is 31.2 Å². The molecule has 194 valence electrons. The molecule has 2 aromatic heterocycles. The Balaban J connectivity index is 1.28. The standard InChI is InChI=1S/C26H25FN8O2S/c1-35(24-11-12-29-25(34-24)31-20-7-5-17(6-8-20)16-38(28,36)37)21-9-10-22-23(14-21)33-26(32-22)30-15-18-3-2-4-19(27)13-18/h2-14H,15-16H2,1H3,(H2,28,36,37)(H,29,31,34)(H2,30,32,33). The maximum atomic E-state index is 13.4. The van der Waals surface area contributed by atoms with Crippen molar-refractivity contribution in [3.8, 4) is 0 Å². The SMILES string of the molecule is CN(c1ccc2nc(NCc3cccc(F)c3)[nH]c2c1)c1ccnc(Nc2ccc(CS(N)(=O)=O)cc2)n1. The number of sulfonamides is 1. The molecule has 38 heavy (non-hydrogen) atoms. The van der Waals surface area contributed by atoms with Gasteiger partial charge in [-0.25, -0.2) is 27.9 Å². The number of anilines is 5. The fourth-order valence-electron chi connectivity index (χ4n) is 3.90. The highest BCUT2D eigenvalue weighted by Gasteiger charge is 2.11.